The highest BCUT2D eigenvalue weighted by atomic mass is 16.5. The number of ether oxygens (including phenoxy) is 3. The number of hydrogen-bond donors (Lipinski definition) is 3. The van der Waals surface area contributed by atoms with Crippen LogP contribution in [-0.4, -0.2) is 45.2 Å². The molecule has 7 rings (SSSR count). The molecule has 8 heteroatoms. The number of imidazole rings is 1. The van der Waals surface area contributed by atoms with E-state index in [2.05, 4.69) is 21.4 Å². The Balaban J connectivity index is 1.46. The number of benzene rings is 3. The molecule has 0 saturated carbocycles. The second kappa shape index (κ2) is 9.79. The second-order valence-corrected chi connectivity index (χ2v) is 10.9. The van der Waals surface area contributed by atoms with Crippen LogP contribution >= 0.6 is 0 Å². The average molecular weight is 551 g/mol. The first-order chi connectivity index (χ1) is 20.0. The van der Waals surface area contributed by atoms with Crippen molar-refractivity contribution < 1.29 is 29.5 Å². The van der Waals surface area contributed by atoms with Crippen molar-refractivity contribution >= 4 is 0 Å². The zero-order valence-electron chi connectivity index (χ0n) is 22.7. The molecule has 4 aromatic rings. The Morgan fingerprint density at radius 1 is 1.02 bits per heavy atom. The minimum atomic E-state index is -0.978. The summed E-state index contributed by atoms with van der Waals surface area (Å²) in [6.45, 7) is 0. The van der Waals surface area contributed by atoms with Crippen molar-refractivity contribution in [2.45, 2.75) is 49.3 Å². The maximum Gasteiger partial charge on any atom is 0.160 e. The molecule has 0 fully saturated rings. The van der Waals surface area contributed by atoms with Crippen LogP contribution < -0.4 is 14.2 Å². The van der Waals surface area contributed by atoms with Gasteiger partial charge in [0.25, 0.3) is 0 Å². The first-order valence-corrected chi connectivity index (χ1v) is 13.7. The van der Waals surface area contributed by atoms with E-state index < -0.39 is 18.1 Å². The van der Waals surface area contributed by atoms with Crippen molar-refractivity contribution in [1.82, 2.24) is 9.55 Å². The average Bonchev–Trinajstić information content (AvgIpc) is 3.53. The van der Waals surface area contributed by atoms with Crippen LogP contribution in [0.4, 0.5) is 0 Å². The smallest absolute Gasteiger partial charge is 0.160 e. The summed E-state index contributed by atoms with van der Waals surface area (Å²) < 4.78 is 20.0. The fourth-order valence-corrected chi connectivity index (χ4v) is 6.77. The van der Waals surface area contributed by atoms with Crippen LogP contribution in [0.25, 0.3) is 11.1 Å². The lowest BCUT2D eigenvalue weighted by Crippen LogP contribution is -2.35. The van der Waals surface area contributed by atoms with Crippen LogP contribution in [0.5, 0.6) is 28.7 Å². The van der Waals surface area contributed by atoms with Gasteiger partial charge in [-0.05, 0) is 65.3 Å². The highest BCUT2D eigenvalue weighted by molar-refractivity contribution is 5.83. The lowest BCUT2D eigenvalue weighted by atomic mass is 9.70. The van der Waals surface area contributed by atoms with E-state index in [1.54, 1.807) is 37.6 Å². The number of aliphatic hydroxyl groups excluding tert-OH is 1. The van der Waals surface area contributed by atoms with Crippen molar-refractivity contribution in [2.75, 3.05) is 14.2 Å². The molecule has 41 heavy (non-hydrogen) atoms. The Hall–Kier alpha value is -4.61. The Morgan fingerprint density at radius 2 is 1.88 bits per heavy atom. The third kappa shape index (κ3) is 4.08. The molecule has 3 aromatic carbocycles. The summed E-state index contributed by atoms with van der Waals surface area (Å²) in [5.41, 5.74) is 5.63. The van der Waals surface area contributed by atoms with E-state index in [9.17, 15) is 15.3 Å². The van der Waals surface area contributed by atoms with Gasteiger partial charge in [-0.15, -0.1) is 5.92 Å². The molecule has 208 valence electrons. The maximum absolute atomic E-state index is 11.9. The van der Waals surface area contributed by atoms with E-state index >= 15 is 0 Å². The summed E-state index contributed by atoms with van der Waals surface area (Å²) >= 11 is 0. The van der Waals surface area contributed by atoms with Crippen LogP contribution in [0, 0.1) is 11.8 Å². The molecule has 0 saturated heterocycles. The van der Waals surface area contributed by atoms with Crippen molar-refractivity contribution in [3.05, 3.63) is 83.4 Å². The van der Waals surface area contributed by atoms with Crippen molar-refractivity contribution in [2.24, 2.45) is 0 Å². The standard InChI is InChI=1S/C33H30N2O6/c1-39-26-15-18(6-9-25(26)37)33-32(38)24-5-3-4-21(35-11-10-34-17-35)13-20-12-19-14-22(36)7-8-23(19)30-27(40-2)16-28(41-33)31(24)29(20)30/h6-11,14-17,20-21,24,32-33,36-38H,4,12-13H2,1-2H3. The van der Waals surface area contributed by atoms with Gasteiger partial charge in [-0.1, -0.05) is 18.1 Å². The van der Waals surface area contributed by atoms with E-state index in [1.807, 2.05) is 30.7 Å². The van der Waals surface area contributed by atoms with E-state index in [1.165, 1.54) is 7.11 Å². The summed E-state index contributed by atoms with van der Waals surface area (Å²) in [6, 6.07) is 12.4. The fourth-order valence-electron chi connectivity index (χ4n) is 6.77. The molecule has 0 spiro atoms. The number of aromatic hydroxyl groups is 2. The topological polar surface area (TPSA) is 106 Å². The Kier molecular flexibility index (Phi) is 6.06. The molecule has 0 amide bonds. The number of fused-ring (bicyclic) bond motifs is 2. The SMILES string of the molecule is COc1cc(C2Oc3cc(OC)c4c5c3C(C#CCC(n3ccnc3)CC5Cc3cc(O)ccc3-4)C2O)ccc1O. The van der Waals surface area contributed by atoms with Gasteiger partial charge in [-0.2, -0.15) is 0 Å². The number of phenolic OH excluding ortho intramolecular Hbond substituents is 2. The van der Waals surface area contributed by atoms with Gasteiger partial charge < -0.3 is 34.1 Å². The molecule has 3 N–H and O–H groups in total. The minimum absolute atomic E-state index is 0.0120. The predicted octanol–water partition coefficient (Wildman–Crippen LogP) is 5.23. The number of phenols is 2. The summed E-state index contributed by atoms with van der Waals surface area (Å²) in [4.78, 5) is 4.28. The molecule has 3 aliphatic rings. The number of aromatic nitrogens is 2. The fraction of sp³-hybridized carbons (Fsp3) is 0.303. The van der Waals surface area contributed by atoms with Gasteiger partial charge in [0.1, 0.15) is 23.4 Å². The molecule has 5 unspecified atom stereocenters. The molecular weight excluding hydrogens is 520 g/mol. The third-order valence-electron chi connectivity index (χ3n) is 8.63. The first-order valence-electron chi connectivity index (χ1n) is 13.7. The normalized spacial score (nSPS) is 23.8. The van der Waals surface area contributed by atoms with Crippen LogP contribution in [0.3, 0.4) is 0 Å². The number of rotatable bonds is 4. The van der Waals surface area contributed by atoms with Gasteiger partial charge in [0.15, 0.2) is 17.6 Å². The monoisotopic (exact) mass is 550 g/mol. The van der Waals surface area contributed by atoms with E-state index in [0.717, 1.165) is 34.2 Å². The van der Waals surface area contributed by atoms with Gasteiger partial charge in [0.2, 0.25) is 0 Å². The van der Waals surface area contributed by atoms with Crippen molar-refractivity contribution in [1.29, 1.82) is 0 Å². The molecule has 0 bridgehead atoms. The second-order valence-electron chi connectivity index (χ2n) is 10.9. The Bertz CT molecular complexity index is 1700. The number of aliphatic hydroxyl groups is 1. The van der Waals surface area contributed by atoms with E-state index in [-0.39, 0.29) is 23.5 Å². The number of hydrogen-bond acceptors (Lipinski definition) is 7. The largest absolute Gasteiger partial charge is 0.508 e. The molecule has 1 aliphatic heterocycles. The Morgan fingerprint density at radius 3 is 2.66 bits per heavy atom. The van der Waals surface area contributed by atoms with Crippen molar-refractivity contribution in [3.63, 3.8) is 0 Å². The Labute approximate surface area is 237 Å². The molecule has 1 aromatic heterocycles. The zero-order valence-corrected chi connectivity index (χ0v) is 22.7. The van der Waals surface area contributed by atoms with Crippen molar-refractivity contribution in [3.8, 4) is 51.7 Å². The highest BCUT2D eigenvalue weighted by Gasteiger charge is 2.44. The minimum Gasteiger partial charge on any atom is -0.508 e. The van der Waals surface area contributed by atoms with E-state index in [0.29, 0.717) is 35.7 Å². The van der Waals surface area contributed by atoms with Gasteiger partial charge in [-0.3, -0.25) is 0 Å². The molecule has 5 atom stereocenters. The predicted molar refractivity (Wildman–Crippen MR) is 152 cm³/mol. The van der Waals surface area contributed by atoms with Gasteiger partial charge in [0, 0.05) is 42.0 Å². The van der Waals surface area contributed by atoms with Crippen LogP contribution in [-0.2, 0) is 6.42 Å². The van der Waals surface area contributed by atoms with Crippen LogP contribution in [0.1, 0.15) is 59.1 Å². The molecule has 8 nitrogen and oxygen atoms in total. The summed E-state index contributed by atoms with van der Waals surface area (Å²) in [6.07, 6.45) is 5.94. The summed E-state index contributed by atoms with van der Waals surface area (Å²) in [5.74, 6) is 8.18. The number of nitrogens with zero attached hydrogens (tertiary/aromatic N) is 2. The quantitative estimate of drug-likeness (QED) is 0.299. The number of methoxy groups -OCH3 is 2. The van der Waals surface area contributed by atoms with Gasteiger partial charge in [-0.25, -0.2) is 4.98 Å². The van der Waals surface area contributed by atoms with E-state index in [4.69, 9.17) is 14.2 Å². The van der Waals surface area contributed by atoms with Crippen LogP contribution in [0.15, 0.2) is 61.2 Å². The molecule has 2 aliphatic carbocycles. The highest BCUT2D eigenvalue weighted by Crippen LogP contribution is 2.56. The third-order valence-corrected chi connectivity index (χ3v) is 8.63. The lowest BCUT2D eigenvalue weighted by molar-refractivity contribution is 0.0113. The molecule has 0 radical (unpaired) electrons. The molecular formula is C33H30N2O6. The molecule has 2 heterocycles. The first kappa shape index (κ1) is 25.4. The van der Waals surface area contributed by atoms with Crippen LogP contribution in [0.2, 0.25) is 0 Å². The maximum atomic E-state index is 11.9. The van der Waals surface area contributed by atoms with Gasteiger partial charge >= 0.3 is 0 Å². The summed E-state index contributed by atoms with van der Waals surface area (Å²) in [5, 5.41) is 32.4. The zero-order chi connectivity index (χ0) is 28.2. The lowest BCUT2D eigenvalue weighted by Gasteiger charge is -2.40. The van der Waals surface area contributed by atoms with Gasteiger partial charge in [0.05, 0.1) is 26.5 Å². The summed E-state index contributed by atoms with van der Waals surface area (Å²) in [7, 11) is 3.14.